The number of hydrogen-bond acceptors (Lipinski definition) is 9. The molecule has 3 N–H and O–H groups in total. The van der Waals surface area contributed by atoms with Crippen LogP contribution in [0.4, 0.5) is 11.4 Å². The lowest BCUT2D eigenvalue weighted by Crippen LogP contribution is -2.30. The Morgan fingerprint density at radius 2 is 1.43 bits per heavy atom. The quantitative estimate of drug-likeness (QED) is 0.134. The molecule has 0 unspecified atom stereocenters. The van der Waals surface area contributed by atoms with Crippen LogP contribution in [0.2, 0.25) is 0 Å². The maximum absolute atomic E-state index is 13.5. The first kappa shape index (κ1) is 31.8. The van der Waals surface area contributed by atoms with E-state index in [0.717, 1.165) is 4.90 Å². The van der Waals surface area contributed by atoms with Gasteiger partial charge in [-0.1, -0.05) is 18.2 Å². The number of benzene rings is 4. The van der Waals surface area contributed by atoms with E-state index in [-0.39, 0.29) is 24.2 Å². The zero-order valence-electron chi connectivity index (χ0n) is 25.2. The molecule has 0 spiro atoms. The van der Waals surface area contributed by atoms with Gasteiger partial charge in [-0.25, -0.2) is 0 Å². The van der Waals surface area contributed by atoms with Gasteiger partial charge in [-0.15, -0.1) is 11.8 Å². The highest BCUT2D eigenvalue weighted by atomic mass is 32.2. The Morgan fingerprint density at radius 1 is 0.761 bits per heavy atom. The maximum Gasteiger partial charge on any atom is 0.272 e. The van der Waals surface area contributed by atoms with Crippen molar-refractivity contribution in [2.75, 3.05) is 44.5 Å². The van der Waals surface area contributed by atoms with Gasteiger partial charge in [0.15, 0.2) is 23.0 Å². The molecule has 236 valence electrons. The van der Waals surface area contributed by atoms with Crippen molar-refractivity contribution in [2.45, 2.75) is 4.90 Å². The SMILES string of the molecule is COc1cc(OC)c(OC)cc1/C=C(\NC(=O)c1ccccc1)C(=O)Nc1ccc(SCC(=O)Nc2ccc3c(c2)OCO3)cc1. The number of ether oxygens (including phenoxy) is 5. The summed E-state index contributed by atoms with van der Waals surface area (Å²) in [6.45, 7) is 0.158. The van der Waals surface area contributed by atoms with Gasteiger partial charge < -0.3 is 39.6 Å². The van der Waals surface area contributed by atoms with Crippen LogP contribution >= 0.6 is 11.8 Å². The molecule has 0 saturated carbocycles. The van der Waals surface area contributed by atoms with Crippen LogP contribution in [0.3, 0.4) is 0 Å². The summed E-state index contributed by atoms with van der Waals surface area (Å²) in [5, 5.41) is 8.38. The van der Waals surface area contributed by atoms with Crippen LogP contribution < -0.4 is 39.6 Å². The minimum absolute atomic E-state index is 0.0296. The van der Waals surface area contributed by atoms with Gasteiger partial charge in [0.05, 0.1) is 27.1 Å². The average Bonchev–Trinajstić information content (AvgIpc) is 3.55. The van der Waals surface area contributed by atoms with Gasteiger partial charge in [-0.2, -0.15) is 0 Å². The van der Waals surface area contributed by atoms with Crippen LogP contribution in [0.15, 0.2) is 95.5 Å². The van der Waals surface area contributed by atoms with Crippen LogP contribution in [-0.2, 0) is 9.59 Å². The molecule has 0 atom stereocenters. The number of nitrogens with one attached hydrogen (secondary N) is 3. The van der Waals surface area contributed by atoms with E-state index in [2.05, 4.69) is 16.0 Å². The Bertz CT molecular complexity index is 1760. The first-order valence-electron chi connectivity index (χ1n) is 14.0. The van der Waals surface area contributed by atoms with Crippen molar-refractivity contribution in [3.8, 4) is 28.7 Å². The zero-order chi connectivity index (χ0) is 32.5. The summed E-state index contributed by atoms with van der Waals surface area (Å²) in [4.78, 5) is 39.9. The number of anilines is 2. The number of carbonyl (C=O) groups is 3. The lowest BCUT2D eigenvalue weighted by molar-refractivity contribution is -0.114. The van der Waals surface area contributed by atoms with Gasteiger partial charge >= 0.3 is 0 Å². The lowest BCUT2D eigenvalue weighted by Gasteiger charge is -2.15. The van der Waals surface area contributed by atoms with Crippen LogP contribution in [0.1, 0.15) is 15.9 Å². The van der Waals surface area contributed by atoms with Gasteiger partial charge in [-0.05, 0) is 60.7 Å². The fourth-order valence-electron chi connectivity index (χ4n) is 4.42. The van der Waals surface area contributed by atoms with Gasteiger partial charge in [-0.3, -0.25) is 14.4 Å². The van der Waals surface area contributed by atoms with Gasteiger partial charge in [0.25, 0.3) is 11.8 Å². The standard InChI is InChI=1S/C34H31N3O8S/c1-41-28-18-30(43-3)29(42-2)16-22(28)15-26(37-33(39)21-7-5-4-6-8-21)34(40)36-23-9-12-25(13-10-23)46-19-32(38)35-24-11-14-27-31(17-24)45-20-44-27/h4-18H,19-20H2,1-3H3,(H,35,38)(H,36,40)(H,37,39)/b26-15-. The summed E-state index contributed by atoms with van der Waals surface area (Å²) in [5.74, 6) is 1.45. The third kappa shape index (κ3) is 7.90. The molecule has 1 aliphatic heterocycles. The molecule has 0 radical (unpaired) electrons. The highest BCUT2D eigenvalue weighted by molar-refractivity contribution is 8.00. The third-order valence-electron chi connectivity index (χ3n) is 6.70. The van der Waals surface area contributed by atoms with Crippen LogP contribution in [-0.4, -0.2) is 51.6 Å². The van der Waals surface area contributed by atoms with Crippen molar-refractivity contribution in [3.63, 3.8) is 0 Å². The number of amides is 3. The number of thioether (sulfide) groups is 1. The van der Waals surface area contributed by atoms with Crippen LogP contribution in [0.5, 0.6) is 28.7 Å². The van der Waals surface area contributed by atoms with Gasteiger partial charge in [0.2, 0.25) is 12.7 Å². The number of carbonyl (C=O) groups excluding carboxylic acids is 3. The molecule has 5 rings (SSSR count). The molecule has 0 aromatic heterocycles. The minimum Gasteiger partial charge on any atom is -0.496 e. The molecular formula is C34H31N3O8S. The predicted molar refractivity (Wildman–Crippen MR) is 175 cm³/mol. The summed E-state index contributed by atoms with van der Waals surface area (Å²) in [6.07, 6.45) is 1.50. The minimum atomic E-state index is -0.565. The van der Waals surface area contributed by atoms with E-state index >= 15 is 0 Å². The third-order valence-corrected chi connectivity index (χ3v) is 7.72. The predicted octanol–water partition coefficient (Wildman–Crippen LogP) is 5.58. The Kier molecular flexibility index (Phi) is 10.3. The van der Waals surface area contributed by atoms with E-state index in [0.29, 0.717) is 51.2 Å². The highest BCUT2D eigenvalue weighted by Gasteiger charge is 2.18. The molecule has 12 heteroatoms. The van der Waals surface area contributed by atoms with Crippen LogP contribution in [0, 0.1) is 0 Å². The summed E-state index contributed by atoms with van der Waals surface area (Å²) in [6, 6.07) is 24.0. The van der Waals surface area contributed by atoms with E-state index < -0.39 is 11.8 Å². The van der Waals surface area contributed by atoms with Gasteiger partial charge in [0, 0.05) is 39.5 Å². The maximum atomic E-state index is 13.5. The van der Waals surface area contributed by atoms with Crippen molar-refractivity contribution in [1.29, 1.82) is 0 Å². The molecule has 0 bridgehead atoms. The van der Waals surface area contributed by atoms with Crippen molar-refractivity contribution in [1.82, 2.24) is 5.32 Å². The molecule has 3 amide bonds. The second-order valence-corrected chi connectivity index (χ2v) is 10.8. The summed E-state index contributed by atoms with van der Waals surface area (Å²) in [7, 11) is 4.49. The van der Waals surface area contributed by atoms with Crippen molar-refractivity contribution < 1.29 is 38.1 Å². The van der Waals surface area contributed by atoms with Crippen molar-refractivity contribution >= 4 is 46.9 Å². The Morgan fingerprint density at radius 3 is 2.15 bits per heavy atom. The second kappa shape index (κ2) is 14.9. The Hall–Kier alpha value is -5.62. The summed E-state index contributed by atoms with van der Waals surface area (Å²) >= 11 is 1.34. The van der Waals surface area contributed by atoms with E-state index in [1.165, 1.54) is 39.2 Å². The fraction of sp³-hybridized carbons (Fsp3) is 0.147. The molecule has 1 heterocycles. The first-order valence-corrected chi connectivity index (χ1v) is 15.0. The zero-order valence-corrected chi connectivity index (χ0v) is 26.1. The van der Waals surface area contributed by atoms with E-state index in [1.807, 2.05) is 0 Å². The molecule has 1 aliphatic rings. The number of fused-ring (bicyclic) bond motifs is 1. The topological polar surface area (TPSA) is 133 Å². The normalized spacial score (nSPS) is 11.8. The van der Waals surface area contributed by atoms with E-state index in [4.69, 9.17) is 23.7 Å². The molecular weight excluding hydrogens is 610 g/mol. The first-order chi connectivity index (χ1) is 22.4. The summed E-state index contributed by atoms with van der Waals surface area (Å²) in [5.41, 5.74) is 1.92. The number of methoxy groups -OCH3 is 3. The largest absolute Gasteiger partial charge is 0.496 e. The fourth-order valence-corrected chi connectivity index (χ4v) is 5.12. The smallest absolute Gasteiger partial charge is 0.272 e. The molecule has 0 saturated heterocycles. The Labute approximate surface area is 269 Å². The monoisotopic (exact) mass is 641 g/mol. The van der Waals surface area contributed by atoms with E-state index in [1.54, 1.807) is 84.9 Å². The van der Waals surface area contributed by atoms with Crippen LogP contribution in [0.25, 0.3) is 6.08 Å². The number of rotatable bonds is 12. The number of hydrogen-bond donors (Lipinski definition) is 3. The molecule has 4 aromatic rings. The second-order valence-electron chi connectivity index (χ2n) is 9.71. The molecule has 0 fully saturated rings. The highest BCUT2D eigenvalue weighted by Crippen LogP contribution is 2.36. The molecule has 0 aliphatic carbocycles. The van der Waals surface area contributed by atoms with Gasteiger partial charge in [0.1, 0.15) is 11.4 Å². The molecule has 11 nitrogen and oxygen atoms in total. The van der Waals surface area contributed by atoms with Crippen molar-refractivity contribution in [2.24, 2.45) is 0 Å². The Balaban J connectivity index is 1.28. The molecule has 46 heavy (non-hydrogen) atoms. The van der Waals surface area contributed by atoms with Crippen molar-refractivity contribution in [3.05, 3.63) is 102 Å². The summed E-state index contributed by atoms with van der Waals surface area (Å²) < 4.78 is 26.9. The molecule has 4 aromatic carbocycles. The average molecular weight is 642 g/mol. The van der Waals surface area contributed by atoms with E-state index in [9.17, 15) is 14.4 Å². The lowest BCUT2D eigenvalue weighted by atomic mass is 10.1.